The van der Waals surface area contributed by atoms with E-state index < -0.39 is 0 Å². The number of rotatable bonds is 2. The molecule has 0 amide bonds. The summed E-state index contributed by atoms with van der Waals surface area (Å²) in [6.07, 6.45) is 9.28. The molecule has 0 bridgehead atoms. The first-order valence-corrected chi connectivity index (χ1v) is 7.79. The Hall–Kier alpha value is -0.350. The van der Waals surface area contributed by atoms with Gasteiger partial charge in [0.2, 0.25) is 0 Å². The van der Waals surface area contributed by atoms with Crippen molar-refractivity contribution in [1.82, 2.24) is 15.1 Å². The Morgan fingerprint density at radius 2 is 1.83 bits per heavy atom. The maximum Gasteiger partial charge on any atom is 0.169 e. The number of piperidine rings is 1. The van der Waals surface area contributed by atoms with Crippen molar-refractivity contribution in [2.75, 3.05) is 27.2 Å². The minimum atomic E-state index is 0.631. The molecule has 2 rings (SSSR count). The van der Waals surface area contributed by atoms with Crippen molar-refractivity contribution < 1.29 is 0 Å². The molecular weight excluding hydrogens is 242 g/mol. The lowest BCUT2D eigenvalue weighted by atomic mass is 9.96. The Morgan fingerprint density at radius 3 is 2.50 bits per heavy atom. The second-order valence-electron chi connectivity index (χ2n) is 5.99. The zero-order valence-electron chi connectivity index (χ0n) is 11.8. The molecule has 1 aliphatic heterocycles. The van der Waals surface area contributed by atoms with Gasteiger partial charge in [0.25, 0.3) is 0 Å². The zero-order chi connectivity index (χ0) is 13.0. The van der Waals surface area contributed by atoms with Crippen molar-refractivity contribution >= 4 is 17.3 Å². The van der Waals surface area contributed by atoms with E-state index in [4.69, 9.17) is 12.2 Å². The smallest absolute Gasteiger partial charge is 0.169 e. The molecule has 2 fully saturated rings. The van der Waals surface area contributed by atoms with Gasteiger partial charge in [0.1, 0.15) is 0 Å². The van der Waals surface area contributed by atoms with Crippen LogP contribution in [0.25, 0.3) is 0 Å². The number of nitrogens with zero attached hydrogens (tertiary/aromatic N) is 2. The predicted molar refractivity (Wildman–Crippen MR) is 80.9 cm³/mol. The molecule has 1 aliphatic carbocycles. The molecule has 1 saturated heterocycles. The molecule has 1 atom stereocenters. The van der Waals surface area contributed by atoms with Crippen LogP contribution in [0.4, 0.5) is 0 Å². The van der Waals surface area contributed by atoms with E-state index in [0.717, 1.165) is 18.2 Å². The van der Waals surface area contributed by atoms with E-state index in [9.17, 15) is 0 Å². The second-order valence-corrected chi connectivity index (χ2v) is 6.38. The standard InChI is InChI=1S/C14H27N3S/c1-16(2)13-9-6-10-17(11-13)14(18)15-12-7-4-3-5-8-12/h12-13H,3-11H2,1-2H3,(H,15,18). The highest BCUT2D eigenvalue weighted by molar-refractivity contribution is 7.80. The van der Waals surface area contributed by atoms with Crippen molar-refractivity contribution in [2.24, 2.45) is 0 Å². The van der Waals surface area contributed by atoms with Crippen molar-refractivity contribution in [1.29, 1.82) is 0 Å². The van der Waals surface area contributed by atoms with Gasteiger partial charge in [0, 0.05) is 25.2 Å². The third-order valence-corrected chi connectivity index (χ3v) is 4.72. The Labute approximate surface area is 117 Å². The number of hydrogen-bond donors (Lipinski definition) is 1. The summed E-state index contributed by atoms with van der Waals surface area (Å²) in [5.41, 5.74) is 0. The van der Waals surface area contributed by atoms with Gasteiger partial charge in [0.15, 0.2) is 5.11 Å². The van der Waals surface area contributed by atoms with Crippen LogP contribution >= 0.6 is 12.2 Å². The third kappa shape index (κ3) is 3.82. The van der Waals surface area contributed by atoms with Crippen LogP contribution in [0, 0.1) is 0 Å². The van der Waals surface area contributed by atoms with E-state index >= 15 is 0 Å². The van der Waals surface area contributed by atoms with Crippen molar-refractivity contribution in [3.05, 3.63) is 0 Å². The number of nitrogens with one attached hydrogen (secondary N) is 1. The minimum absolute atomic E-state index is 0.631. The molecule has 0 radical (unpaired) electrons. The highest BCUT2D eigenvalue weighted by atomic mass is 32.1. The first-order valence-electron chi connectivity index (χ1n) is 7.38. The van der Waals surface area contributed by atoms with Crippen LogP contribution in [-0.4, -0.2) is 54.2 Å². The van der Waals surface area contributed by atoms with Gasteiger partial charge >= 0.3 is 0 Å². The third-order valence-electron chi connectivity index (χ3n) is 4.35. The first-order chi connectivity index (χ1) is 8.66. The van der Waals surface area contributed by atoms with Crippen molar-refractivity contribution in [3.63, 3.8) is 0 Å². The van der Waals surface area contributed by atoms with E-state index in [-0.39, 0.29) is 0 Å². The van der Waals surface area contributed by atoms with Gasteiger partial charge in [-0.3, -0.25) is 0 Å². The largest absolute Gasteiger partial charge is 0.360 e. The molecule has 18 heavy (non-hydrogen) atoms. The van der Waals surface area contributed by atoms with E-state index in [1.165, 1.54) is 44.9 Å². The average molecular weight is 269 g/mol. The zero-order valence-corrected chi connectivity index (χ0v) is 12.6. The summed E-state index contributed by atoms with van der Waals surface area (Å²) in [4.78, 5) is 4.70. The molecule has 1 N–H and O–H groups in total. The average Bonchev–Trinajstić information content (AvgIpc) is 2.40. The van der Waals surface area contributed by atoms with Crippen LogP contribution in [0.1, 0.15) is 44.9 Å². The lowest BCUT2D eigenvalue weighted by molar-refractivity contribution is 0.181. The molecule has 104 valence electrons. The Balaban J connectivity index is 1.80. The van der Waals surface area contributed by atoms with Crippen molar-refractivity contribution in [3.8, 4) is 0 Å². The van der Waals surface area contributed by atoms with Gasteiger partial charge in [0.05, 0.1) is 0 Å². The van der Waals surface area contributed by atoms with E-state index in [2.05, 4.69) is 29.2 Å². The van der Waals surface area contributed by atoms with Crippen molar-refractivity contribution in [2.45, 2.75) is 57.0 Å². The monoisotopic (exact) mass is 269 g/mol. The van der Waals surface area contributed by atoms with Gasteiger partial charge in [-0.2, -0.15) is 0 Å². The fourth-order valence-electron chi connectivity index (χ4n) is 3.07. The highest BCUT2D eigenvalue weighted by Crippen LogP contribution is 2.19. The molecule has 0 aromatic carbocycles. The van der Waals surface area contributed by atoms with E-state index in [1.54, 1.807) is 0 Å². The molecule has 1 saturated carbocycles. The SMILES string of the molecule is CN(C)C1CCCN(C(=S)NC2CCCCC2)C1. The lowest BCUT2D eigenvalue weighted by Crippen LogP contribution is -2.52. The summed E-state index contributed by atoms with van der Waals surface area (Å²) in [5.74, 6) is 0. The number of thiocarbonyl (C=S) groups is 1. The summed E-state index contributed by atoms with van der Waals surface area (Å²) in [6, 6.07) is 1.29. The quantitative estimate of drug-likeness (QED) is 0.775. The van der Waals surface area contributed by atoms with Gasteiger partial charge in [-0.05, 0) is 52.0 Å². The Kier molecular flexibility index (Phi) is 5.25. The minimum Gasteiger partial charge on any atom is -0.360 e. The molecule has 0 spiro atoms. The van der Waals surface area contributed by atoms with Crippen LogP contribution < -0.4 is 5.32 Å². The Morgan fingerprint density at radius 1 is 1.11 bits per heavy atom. The van der Waals surface area contributed by atoms with Gasteiger partial charge < -0.3 is 15.1 Å². The normalized spacial score (nSPS) is 26.4. The Bertz CT molecular complexity index is 274. The maximum absolute atomic E-state index is 5.59. The molecule has 0 aromatic heterocycles. The molecule has 1 unspecified atom stereocenters. The van der Waals surface area contributed by atoms with Gasteiger partial charge in [-0.25, -0.2) is 0 Å². The summed E-state index contributed by atoms with van der Waals surface area (Å²) in [6.45, 7) is 2.22. The number of likely N-dealkylation sites (N-methyl/N-ethyl adjacent to an activating group) is 1. The summed E-state index contributed by atoms with van der Waals surface area (Å²) >= 11 is 5.59. The highest BCUT2D eigenvalue weighted by Gasteiger charge is 2.24. The molecule has 1 heterocycles. The van der Waals surface area contributed by atoms with Crippen LogP contribution in [0.5, 0.6) is 0 Å². The fourth-order valence-corrected chi connectivity index (χ4v) is 3.41. The summed E-state index contributed by atoms with van der Waals surface area (Å²) < 4.78 is 0. The molecule has 2 aliphatic rings. The van der Waals surface area contributed by atoms with E-state index in [0.29, 0.717) is 12.1 Å². The molecule has 0 aromatic rings. The van der Waals surface area contributed by atoms with Crippen LogP contribution in [-0.2, 0) is 0 Å². The molecule has 4 heteroatoms. The van der Waals surface area contributed by atoms with Crippen LogP contribution in [0.3, 0.4) is 0 Å². The number of hydrogen-bond acceptors (Lipinski definition) is 2. The summed E-state index contributed by atoms with van der Waals surface area (Å²) in [7, 11) is 4.34. The fraction of sp³-hybridized carbons (Fsp3) is 0.929. The molecule has 3 nitrogen and oxygen atoms in total. The first kappa shape index (κ1) is 14.1. The summed E-state index contributed by atoms with van der Waals surface area (Å²) in [5, 5.41) is 4.58. The topological polar surface area (TPSA) is 18.5 Å². The van der Waals surface area contributed by atoms with E-state index in [1.807, 2.05) is 0 Å². The second kappa shape index (κ2) is 6.71. The van der Waals surface area contributed by atoms with Crippen LogP contribution in [0.2, 0.25) is 0 Å². The van der Waals surface area contributed by atoms with Gasteiger partial charge in [-0.15, -0.1) is 0 Å². The molecular formula is C14H27N3S. The van der Waals surface area contributed by atoms with Gasteiger partial charge in [-0.1, -0.05) is 19.3 Å². The predicted octanol–water partition coefficient (Wildman–Crippen LogP) is 2.22. The maximum atomic E-state index is 5.59. The van der Waals surface area contributed by atoms with Crippen LogP contribution in [0.15, 0.2) is 0 Å². The lowest BCUT2D eigenvalue weighted by Gasteiger charge is -2.38. The number of likely N-dealkylation sites (tertiary alicyclic amines) is 1.